The summed E-state index contributed by atoms with van der Waals surface area (Å²) >= 11 is 0. The number of benzene rings is 1. The molecule has 1 aromatic rings. The van der Waals surface area contributed by atoms with Gasteiger partial charge in [-0.3, -0.25) is 4.79 Å². The highest BCUT2D eigenvalue weighted by molar-refractivity contribution is 6.02. The zero-order valence-corrected chi connectivity index (χ0v) is 7.66. The van der Waals surface area contributed by atoms with E-state index in [0.717, 1.165) is 0 Å². The van der Waals surface area contributed by atoms with Gasteiger partial charge in [-0.25, -0.2) is 4.39 Å². The molecule has 14 heavy (non-hydrogen) atoms. The normalized spacial score (nSPS) is 17.9. The lowest BCUT2D eigenvalue weighted by Crippen LogP contribution is -2.20. The van der Waals surface area contributed by atoms with Crippen molar-refractivity contribution in [3.05, 3.63) is 35.6 Å². The Hall–Kier alpha value is -1.22. The van der Waals surface area contributed by atoms with Gasteiger partial charge in [-0.2, -0.15) is 0 Å². The predicted octanol–water partition coefficient (Wildman–Crippen LogP) is 1.78. The Morgan fingerprint density at radius 3 is 2.71 bits per heavy atom. The second kappa shape index (κ2) is 3.17. The maximum absolute atomic E-state index is 12.8. The number of hydrogen-bond donors (Lipinski definition) is 1. The van der Waals surface area contributed by atoms with Crippen LogP contribution in [0.15, 0.2) is 24.3 Å². The Balaban J connectivity index is 2.28. The highest BCUT2D eigenvalue weighted by atomic mass is 19.1. The Bertz CT molecular complexity index is 369. The zero-order valence-electron chi connectivity index (χ0n) is 7.66. The van der Waals surface area contributed by atoms with Crippen LogP contribution in [0.5, 0.6) is 0 Å². The van der Waals surface area contributed by atoms with Crippen LogP contribution in [0.1, 0.15) is 23.2 Å². The monoisotopic (exact) mass is 194 g/mol. The molecule has 1 aliphatic carbocycles. The lowest BCUT2D eigenvalue weighted by atomic mass is 9.96. The molecular formula is C11H11FO2. The average molecular weight is 194 g/mol. The molecule has 0 aromatic heterocycles. The smallest absolute Gasteiger partial charge is 0.171 e. The van der Waals surface area contributed by atoms with Crippen molar-refractivity contribution in [2.75, 3.05) is 6.61 Å². The van der Waals surface area contributed by atoms with Gasteiger partial charge >= 0.3 is 0 Å². The Morgan fingerprint density at radius 2 is 2.21 bits per heavy atom. The molecular weight excluding hydrogens is 183 g/mol. The van der Waals surface area contributed by atoms with Gasteiger partial charge in [-0.15, -0.1) is 0 Å². The van der Waals surface area contributed by atoms with Crippen molar-refractivity contribution in [3.63, 3.8) is 0 Å². The van der Waals surface area contributed by atoms with Gasteiger partial charge in [0.25, 0.3) is 0 Å². The molecule has 0 radical (unpaired) electrons. The Morgan fingerprint density at radius 1 is 1.50 bits per heavy atom. The number of aliphatic hydroxyl groups is 1. The summed E-state index contributed by atoms with van der Waals surface area (Å²) in [6.45, 7) is -0.137. The standard InChI is InChI=1S/C11H11FO2/c12-9-3-1-2-8(6-9)10(14)11(7-13)4-5-11/h1-3,6,13H,4-5,7H2. The van der Waals surface area contributed by atoms with Crippen LogP contribution < -0.4 is 0 Å². The molecule has 0 atom stereocenters. The minimum atomic E-state index is -0.603. The SMILES string of the molecule is O=C(c1cccc(F)c1)C1(CO)CC1. The quantitative estimate of drug-likeness (QED) is 0.745. The van der Waals surface area contributed by atoms with Crippen molar-refractivity contribution in [2.45, 2.75) is 12.8 Å². The first-order chi connectivity index (χ1) is 6.68. The second-order valence-electron chi connectivity index (χ2n) is 3.78. The number of carbonyl (C=O) groups excluding carboxylic acids is 1. The van der Waals surface area contributed by atoms with Crippen LogP contribution >= 0.6 is 0 Å². The number of hydrogen-bond acceptors (Lipinski definition) is 2. The van der Waals surface area contributed by atoms with Crippen LogP contribution in [0, 0.1) is 11.2 Å². The van der Waals surface area contributed by atoms with Gasteiger partial charge in [0.05, 0.1) is 12.0 Å². The van der Waals surface area contributed by atoms with E-state index in [4.69, 9.17) is 5.11 Å². The van der Waals surface area contributed by atoms with E-state index in [1.807, 2.05) is 0 Å². The summed E-state index contributed by atoms with van der Waals surface area (Å²) in [5, 5.41) is 9.04. The molecule has 0 bridgehead atoms. The van der Waals surface area contributed by atoms with E-state index in [1.165, 1.54) is 18.2 Å². The minimum Gasteiger partial charge on any atom is -0.395 e. The highest BCUT2D eigenvalue weighted by Crippen LogP contribution is 2.47. The molecule has 1 N–H and O–H groups in total. The molecule has 0 amide bonds. The summed E-state index contributed by atoms with van der Waals surface area (Å²) in [7, 11) is 0. The van der Waals surface area contributed by atoms with E-state index in [9.17, 15) is 9.18 Å². The molecule has 1 aromatic carbocycles. The van der Waals surface area contributed by atoms with E-state index >= 15 is 0 Å². The predicted molar refractivity (Wildman–Crippen MR) is 49.5 cm³/mol. The molecule has 0 unspecified atom stereocenters. The lowest BCUT2D eigenvalue weighted by Gasteiger charge is -2.09. The highest BCUT2D eigenvalue weighted by Gasteiger charge is 2.49. The molecule has 2 rings (SSSR count). The number of Topliss-reactive ketones (excluding diaryl/α,β-unsaturated/α-hetero) is 1. The molecule has 0 heterocycles. The van der Waals surface area contributed by atoms with Crippen LogP contribution in [0.4, 0.5) is 4.39 Å². The fourth-order valence-electron chi connectivity index (χ4n) is 1.54. The maximum Gasteiger partial charge on any atom is 0.171 e. The van der Waals surface area contributed by atoms with Gasteiger partial charge in [0.15, 0.2) is 5.78 Å². The third-order valence-electron chi connectivity index (χ3n) is 2.72. The van der Waals surface area contributed by atoms with E-state index in [-0.39, 0.29) is 12.4 Å². The third-order valence-corrected chi connectivity index (χ3v) is 2.72. The number of rotatable bonds is 3. The van der Waals surface area contributed by atoms with Crippen LogP contribution in [-0.2, 0) is 0 Å². The summed E-state index contributed by atoms with van der Waals surface area (Å²) in [6.07, 6.45) is 1.41. The second-order valence-corrected chi connectivity index (χ2v) is 3.78. The van der Waals surface area contributed by atoms with E-state index in [1.54, 1.807) is 6.07 Å². The molecule has 0 aliphatic heterocycles. The third kappa shape index (κ3) is 1.44. The molecule has 1 fully saturated rings. The molecule has 3 heteroatoms. The van der Waals surface area contributed by atoms with Crippen LogP contribution in [-0.4, -0.2) is 17.5 Å². The van der Waals surface area contributed by atoms with Crippen molar-refractivity contribution >= 4 is 5.78 Å². The lowest BCUT2D eigenvalue weighted by molar-refractivity contribution is 0.0829. The molecule has 0 saturated heterocycles. The van der Waals surface area contributed by atoms with E-state index < -0.39 is 11.2 Å². The number of ketones is 1. The van der Waals surface area contributed by atoms with Crippen molar-refractivity contribution in [1.82, 2.24) is 0 Å². The van der Waals surface area contributed by atoms with Gasteiger partial charge in [-0.05, 0) is 25.0 Å². The largest absolute Gasteiger partial charge is 0.395 e. The first-order valence-electron chi connectivity index (χ1n) is 4.59. The first-order valence-corrected chi connectivity index (χ1v) is 4.59. The Labute approximate surface area is 81.4 Å². The van der Waals surface area contributed by atoms with E-state index in [2.05, 4.69) is 0 Å². The molecule has 1 aliphatic rings. The molecule has 0 spiro atoms. The topological polar surface area (TPSA) is 37.3 Å². The van der Waals surface area contributed by atoms with Gasteiger partial charge in [0.1, 0.15) is 5.82 Å². The summed E-state index contributed by atoms with van der Waals surface area (Å²) in [5.74, 6) is -0.552. The first kappa shape index (κ1) is 9.34. The summed E-state index contributed by atoms with van der Waals surface area (Å²) in [4.78, 5) is 11.8. The van der Waals surface area contributed by atoms with Crippen molar-refractivity contribution in [3.8, 4) is 0 Å². The number of aliphatic hydroxyl groups excluding tert-OH is 1. The summed E-state index contributed by atoms with van der Waals surface area (Å²) in [6, 6.07) is 5.62. The van der Waals surface area contributed by atoms with Crippen molar-refractivity contribution in [1.29, 1.82) is 0 Å². The maximum atomic E-state index is 12.8. The summed E-state index contributed by atoms with van der Waals surface area (Å²) < 4.78 is 12.8. The van der Waals surface area contributed by atoms with Crippen molar-refractivity contribution < 1.29 is 14.3 Å². The van der Waals surface area contributed by atoms with Crippen LogP contribution in [0.25, 0.3) is 0 Å². The molecule has 74 valence electrons. The van der Waals surface area contributed by atoms with Gasteiger partial charge in [-0.1, -0.05) is 12.1 Å². The van der Waals surface area contributed by atoms with Gasteiger partial charge in [0, 0.05) is 5.56 Å². The van der Waals surface area contributed by atoms with Crippen LogP contribution in [0.2, 0.25) is 0 Å². The Kier molecular flexibility index (Phi) is 2.11. The minimum absolute atomic E-state index is 0.137. The average Bonchev–Trinajstić information content (AvgIpc) is 2.97. The number of halogens is 1. The fraction of sp³-hybridized carbons (Fsp3) is 0.364. The molecule has 1 saturated carbocycles. The van der Waals surface area contributed by atoms with Crippen molar-refractivity contribution in [2.24, 2.45) is 5.41 Å². The van der Waals surface area contributed by atoms with Gasteiger partial charge < -0.3 is 5.11 Å². The summed E-state index contributed by atoms with van der Waals surface area (Å²) in [5.41, 5.74) is -0.245. The number of carbonyl (C=O) groups is 1. The van der Waals surface area contributed by atoms with Gasteiger partial charge in [0.2, 0.25) is 0 Å². The fourth-order valence-corrected chi connectivity index (χ4v) is 1.54. The van der Waals surface area contributed by atoms with E-state index in [0.29, 0.717) is 18.4 Å². The zero-order chi connectivity index (χ0) is 10.2. The van der Waals surface area contributed by atoms with Crippen LogP contribution in [0.3, 0.4) is 0 Å². The molecule has 2 nitrogen and oxygen atoms in total.